The van der Waals surface area contributed by atoms with Gasteiger partial charge in [0.05, 0.1) is 20.0 Å². The second kappa shape index (κ2) is 12.0. The molecule has 3 aromatic rings. The Morgan fingerprint density at radius 2 is 1.65 bits per heavy atom. The zero-order chi connectivity index (χ0) is 27.7. The van der Waals surface area contributed by atoms with Gasteiger partial charge in [-0.05, 0) is 72.7 Å². The van der Waals surface area contributed by atoms with Gasteiger partial charge in [0.25, 0.3) is 0 Å². The molecular formula is C29H29ClF2N2O5S. The summed E-state index contributed by atoms with van der Waals surface area (Å²) in [7, 11) is -1.68. The molecule has 2 aromatic carbocycles. The second-order valence-electron chi connectivity index (χ2n) is 9.78. The van der Waals surface area contributed by atoms with Gasteiger partial charge in [0.1, 0.15) is 17.4 Å². The summed E-state index contributed by atoms with van der Waals surface area (Å²) in [6.45, 7) is 1.44. The number of hydrogen-bond acceptors (Lipinski definition) is 6. The Morgan fingerprint density at radius 1 is 0.950 bits per heavy atom. The predicted molar refractivity (Wildman–Crippen MR) is 150 cm³/mol. The number of benzene rings is 2. The zero-order valence-electron chi connectivity index (χ0n) is 22.0. The van der Waals surface area contributed by atoms with E-state index in [4.69, 9.17) is 9.47 Å². The van der Waals surface area contributed by atoms with E-state index in [9.17, 15) is 22.0 Å². The number of carbonyl (C=O) groups is 1. The van der Waals surface area contributed by atoms with Crippen molar-refractivity contribution in [3.63, 3.8) is 0 Å². The van der Waals surface area contributed by atoms with E-state index in [2.05, 4.69) is 4.98 Å². The van der Waals surface area contributed by atoms with Crippen LogP contribution in [0.3, 0.4) is 0 Å². The minimum absolute atomic E-state index is 0. The lowest BCUT2D eigenvalue weighted by Gasteiger charge is -2.30. The van der Waals surface area contributed by atoms with Gasteiger partial charge < -0.3 is 9.47 Å². The van der Waals surface area contributed by atoms with Crippen molar-refractivity contribution in [3.05, 3.63) is 88.6 Å². The fraction of sp³-hybridized carbons (Fsp3) is 0.310. The van der Waals surface area contributed by atoms with Crippen LogP contribution in [0.25, 0.3) is 11.1 Å². The third-order valence-electron chi connectivity index (χ3n) is 7.20. The lowest BCUT2D eigenvalue weighted by molar-refractivity contribution is 0.105. The number of allylic oxidation sites excluding steroid dienone is 1. The Kier molecular flexibility index (Phi) is 8.92. The fourth-order valence-corrected chi connectivity index (χ4v) is 6.07. The highest BCUT2D eigenvalue weighted by atomic mass is 35.5. The number of nitrogens with zero attached hydrogens (tertiary/aromatic N) is 2. The van der Waals surface area contributed by atoms with Gasteiger partial charge in [0.15, 0.2) is 5.78 Å². The van der Waals surface area contributed by atoms with E-state index in [-0.39, 0.29) is 23.8 Å². The van der Waals surface area contributed by atoms with Crippen LogP contribution in [-0.2, 0) is 10.0 Å². The molecule has 212 valence electrons. The minimum Gasteiger partial charge on any atom is -0.494 e. The molecule has 1 fully saturated rings. The van der Waals surface area contributed by atoms with E-state index in [1.165, 1.54) is 36.0 Å². The number of Topliss-reactive ketones (excluding diaryl/α,β-unsaturated/α-hetero) is 1. The van der Waals surface area contributed by atoms with Crippen molar-refractivity contribution in [1.82, 2.24) is 9.29 Å². The van der Waals surface area contributed by atoms with Crippen LogP contribution in [0.15, 0.2) is 54.7 Å². The number of rotatable bonds is 8. The summed E-state index contributed by atoms with van der Waals surface area (Å²) in [5.74, 6) is -0.548. The zero-order valence-corrected chi connectivity index (χ0v) is 23.7. The number of piperidine rings is 1. The normalized spacial score (nSPS) is 16.1. The molecule has 0 bridgehead atoms. The number of ketones is 1. The van der Waals surface area contributed by atoms with Gasteiger partial charge in [0.2, 0.25) is 15.9 Å². The first-order chi connectivity index (χ1) is 18.6. The third-order valence-corrected chi connectivity index (χ3v) is 8.51. The summed E-state index contributed by atoms with van der Waals surface area (Å²) in [6.07, 6.45) is 5.04. The summed E-state index contributed by atoms with van der Waals surface area (Å²) in [6, 6.07) is 11.6. The van der Waals surface area contributed by atoms with Crippen molar-refractivity contribution >= 4 is 39.4 Å². The molecule has 0 radical (unpaired) electrons. The Morgan fingerprint density at radius 3 is 2.25 bits per heavy atom. The highest BCUT2D eigenvalue weighted by Gasteiger charge is 2.33. The molecule has 1 aliphatic carbocycles. The van der Waals surface area contributed by atoms with Crippen LogP contribution in [0.1, 0.15) is 46.3 Å². The molecule has 2 aliphatic rings. The van der Waals surface area contributed by atoms with Gasteiger partial charge in [-0.1, -0.05) is 0 Å². The minimum atomic E-state index is -3.17. The molecule has 11 heteroatoms. The topological polar surface area (TPSA) is 85.8 Å². The first kappa shape index (κ1) is 29.6. The fourth-order valence-electron chi connectivity index (χ4n) is 5.20. The molecule has 0 spiro atoms. The van der Waals surface area contributed by atoms with Crippen molar-refractivity contribution in [2.75, 3.05) is 33.1 Å². The smallest absolute Gasteiger partial charge is 0.212 e. The standard InChI is InChI=1S/C29H28F2N2O5S.ClH/c1-37-26-6-3-19(17-32-26)28-27(20-13-21(30)15-22(31)14-20)24-5-4-23(16-25(24)29(28)34)38-12-9-18-7-10-33(11-8-18)39(2,35)36;/h3-6,13-18H,7-12H2,1-2H3;1H. The van der Waals surface area contributed by atoms with Gasteiger partial charge in [0, 0.05) is 53.7 Å². The number of aromatic nitrogens is 1. The first-order valence-electron chi connectivity index (χ1n) is 12.6. The van der Waals surface area contributed by atoms with Crippen LogP contribution in [0.4, 0.5) is 8.78 Å². The molecule has 0 amide bonds. The van der Waals surface area contributed by atoms with Crippen molar-refractivity contribution < 1.29 is 31.5 Å². The lowest BCUT2D eigenvalue weighted by atomic mass is 9.94. The Balaban J connectivity index is 0.00000370. The number of sulfonamides is 1. The summed E-state index contributed by atoms with van der Waals surface area (Å²) in [5.41, 5.74) is 2.39. The molecule has 0 saturated carbocycles. The van der Waals surface area contributed by atoms with E-state index in [0.717, 1.165) is 25.3 Å². The van der Waals surface area contributed by atoms with E-state index in [1.807, 2.05) is 0 Å². The van der Waals surface area contributed by atoms with Crippen molar-refractivity contribution in [2.24, 2.45) is 5.92 Å². The first-order valence-corrected chi connectivity index (χ1v) is 14.5. The van der Waals surface area contributed by atoms with E-state index in [0.29, 0.717) is 65.1 Å². The van der Waals surface area contributed by atoms with Crippen molar-refractivity contribution in [1.29, 1.82) is 0 Å². The van der Waals surface area contributed by atoms with Crippen LogP contribution in [0.2, 0.25) is 0 Å². The maximum absolute atomic E-state index is 14.2. The number of carbonyl (C=O) groups excluding carboxylic acids is 1. The molecule has 1 aliphatic heterocycles. The molecule has 7 nitrogen and oxygen atoms in total. The molecule has 2 heterocycles. The maximum atomic E-state index is 14.2. The number of ether oxygens (including phenoxy) is 2. The predicted octanol–water partition coefficient (Wildman–Crippen LogP) is 5.39. The van der Waals surface area contributed by atoms with Crippen molar-refractivity contribution in [3.8, 4) is 11.6 Å². The second-order valence-corrected chi connectivity index (χ2v) is 11.8. The van der Waals surface area contributed by atoms with Crippen LogP contribution in [-0.4, -0.2) is 56.6 Å². The maximum Gasteiger partial charge on any atom is 0.212 e. The average molecular weight is 591 g/mol. The number of pyridine rings is 1. The molecule has 1 saturated heterocycles. The molecule has 1 aromatic heterocycles. The van der Waals surface area contributed by atoms with Gasteiger partial charge >= 0.3 is 0 Å². The monoisotopic (exact) mass is 590 g/mol. The Bertz CT molecular complexity index is 1530. The molecule has 0 unspecified atom stereocenters. The van der Waals surface area contributed by atoms with Crippen LogP contribution >= 0.6 is 12.4 Å². The third kappa shape index (κ3) is 6.19. The van der Waals surface area contributed by atoms with Crippen molar-refractivity contribution in [2.45, 2.75) is 19.3 Å². The van der Waals surface area contributed by atoms with Gasteiger partial charge in [-0.2, -0.15) is 0 Å². The molecule has 5 rings (SSSR count). The number of methoxy groups -OCH3 is 1. The Labute approximate surface area is 238 Å². The highest BCUT2D eigenvalue weighted by molar-refractivity contribution is 7.88. The SMILES string of the molecule is COc1ccc(C2=C(c3cc(F)cc(F)c3)c3ccc(OCCC4CCN(S(C)(=O)=O)CC4)cc3C2=O)cn1.Cl. The Hall–Kier alpha value is -3.34. The van der Waals surface area contributed by atoms with Crippen LogP contribution in [0.5, 0.6) is 11.6 Å². The summed E-state index contributed by atoms with van der Waals surface area (Å²) in [4.78, 5) is 17.9. The summed E-state index contributed by atoms with van der Waals surface area (Å²) >= 11 is 0. The van der Waals surface area contributed by atoms with Crippen LogP contribution in [0, 0.1) is 17.6 Å². The average Bonchev–Trinajstić information content (AvgIpc) is 3.19. The molecule has 0 atom stereocenters. The van der Waals surface area contributed by atoms with E-state index < -0.39 is 21.7 Å². The van der Waals surface area contributed by atoms with Crippen LogP contribution < -0.4 is 9.47 Å². The van der Waals surface area contributed by atoms with E-state index in [1.54, 1.807) is 30.3 Å². The molecule has 40 heavy (non-hydrogen) atoms. The highest BCUT2D eigenvalue weighted by Crippen LogP contribution is 2.43. The number of halogens is 3. The number of hydrogen-bond donors (Lipinski definition) is 0. The summed E-state index contributed by atoms with van der Waals surface area (Å²) < 4.78 is 64.4. The summed E-state index contributed by atoms with van der Waals surface area (Å²) in [5, 5.41) is 0. The van der Waals surface area contributed by atoms with Gasteiger partial charge in [-0.15, -0.1) is 12.4 Å². The van der Waals surface area contributed by atoms with E-state index >= 15 is 0 Å². The molecule has 0 N–H and O–H groups in total. The number of fused-ring (bicyclic) bond motifs is 1. The largest absolute Gasteiger partial charge is 0.494 e. The quantitative estimate of drug-likeness (QED) is 0.350. The lowest BCUT2D eigenvalue weighted by Crippen LogP contribution is -2.38. The van der Waals surface area contributed by atoms with Gasteiger partial charge in [-0.3, -0.25) is 4.79 Å². The van der Waals surface area contributed by atoms with Gasteiger partial charge in [-0.25, -0.2) is 26.5 Å². The molecular weight excluding hydrogens is 562 g/mol.